The van der Waals surface area contributed by atoms with Crippen LogP contribution in [0.3, 0.4) is 0 Å². The van der Waals surface area contributed by atoms with Gasteiger partial charge in [0.05, 0.1) is 6.61 Å². The SMILES string of the molecule is COCC(C)(C)NCc1cc(Br)c(Cl)s1. The normalized spacial score (nSPS) is 12.1. The zero-order chi connectivity index (χ0) is 11.5. The van der Waals surface area contributed by atoms with E-state index in [1.807, 2.05) is 6.07 Å². The number of hydrogen-bond acceptors (Lipinski definition) is 3. The first-order valence-corrected chi connectivity index (χ1v) is 6.61. The molecule has 0 aliphatic carbocycles. The lowest BCUT2D eigenvalue weighted by molar-refractivity contribution is 0.128. The maximum atomic E-state index is 5.96. The summed E-state index contributed by atoms with van der Waals surface area (Å²) in [6, 6.07) is 2.04. The van der Waals surface area contributed by atoms with Crippen molar-refractivity contribution >= 4 is 38.9 Å². The summed E-state index contributed by atoms with van der Waals surface area (Å²) in [6.07, 6.45) is 0. The largest absolute Gasteiger partial charge is 0.383 e. The molecule has 1 heterocycles. The fourth-order valence-corrected chi connectivity index (χ4v) is 2.95. The molecular weight excluding hydrogens is 298 g/mol. The van der Waals surface area contributed by atoms with E-state index in [-0.39, 0.29) is 5.54 Å². The summed E-state index contributed by atoms with van der Waals surface area (Å²) in [5.41, 5.74) is -0.0162. The van der Waals surface area contributed by atoms with Gasteiger partial charge in [-0.2, -0.15) is 0 Å². The molecule has 0 aliphatic heterocycles. The van der Waals surface area contributed by atoms with E-state index >= 15 is 0 Å². The Labute approximate surface area is 108 Å². The molecule has 15 heavy (non-hydrogen) atoms. The Balaban J connectivity index is 2.49. The van der Waals surface area contributed by atoms with Crippen LogP contribution in [-0.2, 0) is 11.3 Å². The standard InChI is InChI=1S/C10H15BrClNOS/c1-10(2,6-14-3)13-5-7-4-8(11)9(12)15-7/h4,13H,5-6H2,1-3H3. The summed E-state index contributed by atoms with van der Waals surface area (Å²) in [5, 5.41) is 3.42. The Morgan fingerprint density at radius 1 is 1.60 bits per heavy atom. The van der Waals surface area contributed by atoms with E-state index in [2.05, 4.69) is 35.1 Å². The molecule has 1 aromatic heterocycles. The van der Waals surface area contributed by atoms with E-state index in [1.54, 1.807) is 18.4 Å². The van der Waals surface area contributed by atoms with Crippen molar-refractivity contribution in [2.24, 2.45) is 0 Å². The van der Waals surface area contributed by atoms with Crippen molar-refractivity contribution in [3.63, 3.8) is 0 Å². The molecule has 0 radical (unpaired) electrons. The second-order valence-corrected chi connectivity index (χ2v) is 6.60. The van der Waals surface area contributed by atoms with Crippen LogP contribution < -0.4 is 5.32 Å². The van der Waals surface area contributed by atoms with Crippen molar-refractivity contribution in [3.05, 3.63) is 19.8 Å². The third-order valence-corrected chi connectivity index (χ3v) is 4.42. The number of halogens is 2. The predicted molar refractivity (Wildman–Crippen MR) is 69.8 cm³/mol. The monoisotopic (exact) mass is 311 g/mol. The van der Waals surface area contributed by atoms with Gasteiger partial charge in [0.25, 0.3) is 0 Å². The Kier molecular flexibility index (Phi) is 5.06. The van der Waals surface area contributed by atoms with Crippen LogP contribution in [0, 0.1) is 0 Å². The van der Waals surface area contributed by atoms with Gasteiger partial charge in [-0.25, -0.2) is 0 Å². The van der Waals surface area contributed by atoms with Crippen LogP contribution in [-0.4, -0.2) is 19.3 Å². The lowest BCUT2D eigenvalue weighted by Gasteiger charge is -2.24. The molecule has 0 bridgehead atoms. The minimum atomic E-state index is -0.0162. The lowest BCUT2D eigenvalue weighted by atomic mass is 10.1. The molecule has 1 aromatic rings. The summed E-state index contributed by atoms with van der Waals surface area (Å²) in [4.78, 5) is 1.22. The third-order valence-electron chi connectivity index (χ3n) is 1.94. The number of nitrogens with one attached hydrogen (secondary N) is 1. The summed E-state index contributed by atoms with van der Waals surface area (Å²) in [7, 11) is 1.71. The lowest BCUT2D eigenvalue weighted by Crippen LogP contribution is -2.42. The predicted octanol–water partition coefficient (Wildman–Crippen LogP) is 3.68. The Morgan fingerprint density at radius 2 is 2.27 bits per heavy atom. The maximum Gasteiger partial charge on any atom is 0.107 e. The van der Waals surface area contributed by atoms with Gasteiger partial charge in [-0.3, -0.25) is 0 Å². The second-order valence-electron chi connectivity index (χ2n) is 4.00. The summed E-state index contributed by atoms with van der Waals surface area (Å²) < 4.78 is 6.90. The molecule has 5 heteroatoms. The summed E-state index contributed by atoms with van der Waals surface area (Å²) in [5.74, 6) is 0. The Morgan fingerprint density at radius 3 is 2.73 bits per heavy atom. The van der Waals surface area contributed by atoms with Crippen LogP contribution in [0.4, 0.5) is 0 Å². The molecule has 0 atom stereocenters. The minimum absolute atomic E-state index is 0.0162. The van der Waals surface area contributed by atoms with Gasteiger partial charge in [0.15, 0.2) is 0 Å². The van der Waals surface area contributed by atoms with Gasteiger partial charge < -0.3 is 10.1 Å². The number of methoxy groups -OCH3 is 1. The molecule has 1 rings (SSSR count). The second kappa shape index (κ2) is 5.64. The first-order chi connectivity index (χ1) is 6.94. The van der Waals surface area contributed by atoms with Gasteiger partial charge in [-0.15, -0.1) is 11.3 Å². The van der Waals surface area contributed by atoms with Crippen molar-refractivity contribution in [3.8, 4) is 0 Å². The Hall–Kier alpha value is 0.390. The van der Waals surface area contributed by atoms with E-state index in [9.17, 15) is 0 Å². The smallest absolute Gasteiger partial charge is 0.107 e. The number of ether oxygens (including phenoxy) is 1. The van der Waals surface area contributed by atoms with Crippen LogP contribution in [0.15, 0.2) is 10.5 Å². The molecule has 86 valence electrons. The summed E-state index contributed by atoms with van der Waals surface area (Å²) >= 11 is 10.9. The molecule has 2 nitrogen and oxygen atoms in total. The molecule has 0 amide bonds. The molecule has 0 unspecified atom stereocenters. The number of hydrogen-bond donors (Lipinski definition) is 1. The average molecular weight is 313 g/mol. The third kappa shape index (κ3) is 4.41. The fourth-order valence-electron chi connectivity index (χ4n) is 1.22. The zero-order valence-electron chi connectivity index (χ0n) is 9.06. The molecule has 0 spiro atoms. The molecule has 0 aliphatic rings. The minimum Gasteiger partial charge on any atom is -0.383 e. The van der Waals surface area contributed by atoms with E-state index in [0.717, 1.165) is 15.4 Å². The van der Waals surface area contributed by atoms with Gasteiger partial charge >= 0.3 is 0 Å². The van der Waals surface area contributed by atoms with E-state index in [0.29, 0.717) is 6.61 Å². The van der Waals surface area contributed by atoms with Crippen LogP contribution in [0.2, 0.25) is 4.34 Å². The van der Waals surface area contributed by atoms with Gasteiger partial charge in [0.1, 0.15) is 4.34 Å². The van der Waals surface area contributed by atoms with Crippen molar-refractivity contribution < 1.29 is 4.74 Å². The van der Waals surface area contributed by atoms with Crippen LogP contribution in [0.5, 0.6) is 0 Å². The molecule has 0 saturated carbocycles. The fraction of sp³-hybridized carbons (Fsp3) is 0.600. The number of thiophene rings is 1. The maximum absolute atomic E-state index is 5.96. The van der Waals surface area contributed by atoms with Crippen molar-refractivity contribution in [2.75, 3.05) is 13.7 Å². The van der Waals surface area contributed by atoms with Crippen LogP contribution in [0.25, 0.3) is 0 Å². The zero-order valence-corrected chi connectivity index (χ0v) is 12.2. The first-order valence-electron chi connectivity index (χ1n) is 4.62. The van der Waals surface area contributed by atoms with Gasteiger partial charge in [0.2, 0.25) is 0 Å². The molecule has 0 saturated heterocycles. The molecular formula is C10H15BrClNOS. The number of rotatable bonds is 5. The highest BCUT2D eigenvalue weighted by atomic mass is 79.9. The van der Waals surface area contributed by atoms with Crippen LogP contribution in [0.1, 0.15) is 18.7 Å². The van der Waals surface area contributed by atoms with Crippen LogP contribution >= 0.6 is 38.9 Å². The van der Waals surface area contributed by atoms with E-state index < -0.39 is 0 Å². The van der Waals surface area contributed by atoms with Crippen molar-refractivity contribution in [2.45, 2.75) is 25.9 Å². The topological polar surface area (TPSA) is 21.3 Å². The highest BCUT2D eigenvalue weighted by molar-refractivity contribution is 9.10. The van der Waals surface area contributed by atoms with E-state index in [4.69, 9.17) is 16.3 Å². The average Bonchev–Trinajstić information content (AvgIpc) is 2.44. The Bertz CT molecular complexity index is 308. The van der Waals surface area contributed by atoms with E-state index in [1.165, 1.54) is 4.88 Å². The first kappa shape index (κ1) is 13.5. The summed E-state index contributed by atoms with van der Waals surface area (Å²) in [6.45, 7) is 5.72. The molecule has 1 N–H and O–H groups in total. The molecule has 0 aromatic carbocycles. The highest BCUT2D eigenvalue weighted by Gasteiger charge is 2.17. The molecule has 0 fully saturated rings. The van der Waals surface area contributed by atoms with Gasteiger partial charge in [-0.1, -0.05) is 11.6 Å². The highest BCUT2D eigenvalue weighted by Crippen LogP contribution is 2.32. The van der Waals surface area contributed by atoms with Gasteiger partial charge in [0, 0.05) is 28.5 Å². The van der Waals surface area contributed by atoms with Crippen molar-refractivity contribution in [1.82, 2.24) is 5.32 Å². The quantitative estimate of drug-likeness (QED) is 0.895. The van der Waals surface area contributed by atoms with Crippen molar-refractivity contribution in [1.29, 1.82) is 0 Å². The van der Waals surface area contributed by atoms with Gasteiger partial charge in [-0.05, 0) is 35.8 Å².